The van der Waals surface area contributed by atoms with Gasteiger partial charge >= 0.3 is 0 Å². The van der Waals surface area contributed by atoms with Crippen molar-refractivity contribution in [3.05, 3.63) is 0 Å². The predicted molar refractivity (Wildman–Crippen MR) is 56.7 cm³/mol. The third-order valence-electron chi connectivity index (χ3n) is 1.60. The lowest BCUT2D eigenvalue weighted by Crippen LogP contribution is -2.40. The molecule has 13 heavy (non-hydrogen) atoms. The second kappa shape index (κ2) is 7.19. The Labute approximate surface area is 84.5 Å². The Hall–Kier alpha value is -0.240. The van der Waals surface area contributed by atoms with Crippen LogP contribution in [-0.4, -0.2) is 35.8 Å². The molecule has 0 amide bonds. The van der Waals surface area contributed by atoms with E-state index in [1.165, 1.54) is 0 Å². The molecule has 0 fully saturated rings. The Morgan fingerprint density at radius 3 is 2.85 bits per heavy atom. The van der Waals surface area contributed by atoms with E-state index in [1.807, 2.05) is 13.2 Å². The minimum atomic E-state index is -0.633. The van der Waals surface area contributed by atoms with Gasteiger partial charge < -0.3 is 10.4 Å². The van der Waals surface area contributed by atoms with E-state index in [1.54, 1.807) is 11.8 Å². The smallest absolute Gasteiger partial charge is 0.0833 e. The maximum Gasteiger partial charge on any atom is 0.0833 e. The average molecular weight is 202 g/mol. The van der Waals surface area contributed by atoms with Crippen molar-refractivity contribution in [2.45, 2.75) is 25.4 Å². The van der Waals surface area contributed by atoms with Crippen molar-refractivity contribution < 1.29 is 5.11 Å². The van der Waals surface area contributed by atoms with Crippen molar-refractivity contribution >= 4 is 11.8 Å². The summed E-state index contributed by atoms with van der Waals surface area (Å²) in [5.74, 6) is 0.734. The zero-order chi connectivity index (χ0) is 10.2. The van der Waals surface area contributed by atoms with Gasteiger partial charge in [-0.25, -0.2) is 0 Å². The number of nitriles is 1. The van der Waals surface area contributed by atoms with E-state index in [2.05, 4.69) is 11.4 Å². The highest BCUT2D eigenvalue weighted by Crippen LogP contribution is 2.08. The van der Waals surface area contributed by atoms with Crippen LogP contribution in [0.3, 0.4) is 0 Å². The van der Waals surface area contributed by atoms with Crippen molar-refractivity contribution in [1.29, 1.82) is 5.26 Å². The largest absolute Gasteiger partial charge is 0.388 e. The average Bonchev–Trinajstić information content (AvgIpc) is 2.04. The lowest BCUT2D eigenvalue weighted by molar-refractivity contribution is 0.0851. The molecular weight excluding hydrogens is 184 g/mol. The summed E-state index contributed by atoms with van der Waals surface area (Å²) in [7, 11) is 0. The standard InChI is InChI=1S/C9H18N2OS/c1-9(12,8-13-2)7-11-6-4-3-5-10/h11-12H,3-4,6-8H2,1-2H3. The third kappa shape index (κ3) is 8.10. The first-order valence-corrected chi connectivity index (χ1v) is 5.81. The van der Waals surface area contributed by atoms with Gasteiger partial charge in [0.2, 0.25) is 0 Å². The van der Waals surface area contributed by atoms with E-state index in [0.29, 0.717) is 13.0 Å². The van der Waals surface area contributed by atoms with Gasteiger partial charge in [0, 0.05) is 18.7 Å². The van der Waals surface area contributed by atoms with Crippen LogP contribution in [0, 0.1) is 11.3 Å². The quantitative estimate of drug-likeness (QED) is 0.605. The fourth-order valence-electron chi connectivity index (χ4n) is 1.01. The van der Waals surface area contributed by atoms with E-state index in [0.717, 1.165) is 18.7 Å². The number of unbranched alkanes of at least 4 members (excludes halogenated alkanes) is 1. The maximum atomic E-state index is 9.72. The molecule has 4 heteroatoms. The van der Waals surface area contributed by atoms with Gasteiger partial charge in [0.25, 0.3) is 0 Å². The van der Waals surface area contributed by atoms with Gasteiger partial charge in [0.15, 0.2) is 0 Å². The van der Waals surface area contributed by atoms with Crippen molar-refractivity contribution in [3.63, 3.8) is 0 Å². The second-order valence-electron chi connectivity index (χ2n) is 3.37. The molecule has 0 aliphatic rings. The molecule has 2 N–H and O–H groups in total. The van der Waals surface area contributed by atoms with Crippen LogP contribution in [0.25, 0.3) is 0 Å². The van der Waals surface area contributed by atoms with Crippen LogP contribution in [0.15, 0.2) is 0 Å². The number of hydrogen-bond donors (Lipinski definition) is 2. The van der Waals surface area contributed by atoms with E-state index in [9.17, 15) is 5.11 Å². The number of hydrogen-bond acceptors (Lipinski definition) is 4. The fourth-order valence-corrected chi connectivity index (χ4v) is 1.74. The highest BCUT2D eigenvalue weighted by Gasteiger charge is 2.18. The molecule has 0 aromatic heterocycles. The molecule has 0 rings (SSSR count). The van der Waals surface area contributed by atoms with Crippen molar-refractivity contribution in [2.24, 2.45) is 0 Å². The molecule has 0 aliphatic heterocycles. The van der Waals surface area contributed by atoms with Crippen LogP contribution in [0.5, 0.6) is 0 Å². The topological polar surface area (TPSA) is 56.0 Å². The molecule has 0 heterocycles. The van der Waals surface area contributed by atoms with Gasteiger partial charge in [-0.3, -0.25) is 0 Å². The molecule has 0 spiro atoms. The van der Waals surface area contributed by atoms with Crippen LogP contribution < -0.4 is 5.32 Å². The van der Waals surface area contributed by atoms with Crippen LogP contribution in [-0.2, 0) is 0 Å². The van der Waals surface area contributed by atoms with Crippen LogP contribution in [0.1, 0.15) is 19.8 Å². The lowest BCUT2D eigenvalue weighted by atomic mass is 10.1. The van der Waals surface area contributed by atoms with Gasteiger partial charge in [0.1, 0.15) is 0 Å². The van der Waals surface area contributed by atoms with Gasteiger partial charge in [-0.05, 0) is 26.1 Å². The number of rotatable bonds is 7. The summed E-state index contributed by atoms with van der Waals surface area (Å²) in [5.41, 5.74) is -0.633. The lowest BCUT2D eigenvalue weighted by Gasteiger charge is -2.22. The van der Waals surface area contributed by atoms with Crippen LogP contribution in [0.4, 0.5) is 0 Å². The monoisotopic (exact) mass is 202 g/mol. The maximum absolute atomic E-state index is 9.72. The summed E-state index contributed by atoms with van der Waals surface area (Å²) in [6.45, 7) is 3.22. The SMILES string of the molecule is CSCC(C)(O)CNCCCC#N. The Balaban J connectivity index is 3.36. The number of nitrogens with zero attached hydrogens (tertiary/aromatic N) is 1. The number of aliphatic hydroxyl groups is 1. The first-order valence-electron chi connectivity index (χ1n) is 4.41. The number of nitrogens with one attached hydrogen (secondary N) is 1. The fraction of sp³-hybridized carbons (Fsp3) is 0.889. The molecule has 0 aliphatic carbocycles. The molecule has 1 unspecified atom stereocenters. The molecular formula is C9H18N2OS. The first-order chi connectivity index (χ1) is 6.12. The van der Waals surface area contributed by atoms with E-state index in [-0.39, 0.29) is 0 Å². The minimum absolute atomic E-state index is 0.581. The van der Waals surface area contributed by atoms with Crippen molar-refractivity contribution in [1.82, 2.24) is 5.32 Å². The van der Waals surface area contributed by atoms with Crippen molar-refractivity contribution in [3.8, 4) is 6.07 Å². The summed E-state index contributed by atoms with van der Waals surface area (Å²) >= 11 is 1.63. The summed E-state index contributed by atoms with van der Waals surface area (Å²) in [6, 6.07) is 2.08. The molecule has 1 atom stereocenters. The summed E-state index contributed by atoms with van der Waals surface area (Å²) < 4.78 is 0. The van der Waals surface area contributed by atoms with Crippen LogP contribution in [0.2, 0.25) is 0 Å². The zero-order valence-electron chi connectivity index (χ0n) is 8.34. The molecule has 0 aromatic rings. The van der Waals surface area contributed by atoms with Crippen molar-refractivity contribution in [2.75, 3.05) is 25.1 Å². The second-order valence-corrected chi connectivity index (χ2v) is 4.23. The molecule has 0 saturated heterocycles. The zero-order valence-corrected chi connectivity index (χ0v) is 9.15. The molecule has 3 nitrogen and oxygen atoms in total. The van der Waals surface area contributed by atoms with Gasteiger partial charge in [-0.1, -0.05) is 0 Å². The molecule has 0 saturated carbocycles. The molecule has 76 valence electrons. The Bertz CT molecular complexity index is 165. The number of thioether (sulfide) groups is 1. The normalized spacial score (nSPS) is 14.9. The van der Waals surface area contributed by atoms with E-state index in [4.69, 9.17) is 5.26 Å². The van der Waals surface area contributed by atoms with Crippen LogP contribution >= 0.6 is 11.8 Å². The molecule has 0 aromatic carbocycles. The summed E-state index contributed by atoms with van der Waals surface area (Å²) in [6.07, 6.45) is 3.41. The minimum Gasteiger partial charge on any atom is -0.388 e. The highest BCUT2D eigenvalue weighted by molar-refractivity contribution is 7.98. The molecule has 0 bridgehead atoms. The Morgan fingerprint density at radius 2 is 2.31 bits per heavy atom. The molecule has 0 radical (unpaired) electrons. The summed E-state index contributed by atoms with van der Waals surface area (Å²) in [4.78, 5) is 0. The van der Waals surface area contributed by atoms with E-state index < -0.39 is 5.60 Å². The highest BCUT2D eigenvalue weighted by atomic mass is 32.2. The first kappa shape index (κ1) is 12.8. The predicted octanol–water partition coefficient (Wildman–Crippen LogP) is 0.994. The van der Waals surface area contributed by atoms with Gasteiger partial charge in [0.05, 0.1) is 11.7 Å². The van der Waals surface area contributed by atoms with E-state index >= 15 is 0 Å². The Morgan fingerprint density at radius 1 is 1.62 bits per heavy atom. The van der Waals surface area contributed by atoms with Gasteiger partial charge in [-0.15, -0.1) is 0 Å². The summed E-state index contributed by atoms with van der Waals surface area (Å²) in [5, 5.41) is 21.1. The third-order valence-corrected chi connectivity index (χ3v) is 2.51. The van der Waals surface area contributed by atoms with Gasteiger partial charge in [-0.2, -0.15) is 17.0 Å². The Kier molecular flexibility index (Phi) is 7.06.